The van der Waals surface area contributed by atoms with Gasteiger partial charge < -0.3 is 11.5 Å². The Hall–Kier alpha value is -3.16. The van der Waals surface area contributed by atoms with E-state index >= 15 is 0 Å². The van der Waals surface area contributed by atoms with Gasteiger partial charge >= 0.3 is 0 Å². The first-order chi connectivity index (χ1) is 9.79. The second-order valence-electron chi connectivity index (χ2n) is 3.60. The number of anilines is 2. The van der Waals surface area contributed by atoms with Crippen LogP contribution in [0.2, 0.25) is 0 Å². The van der Waals surface area contributed by atoms with Crippen molar-refractivity contribution in [2.45, 2.75) is 0 Å². The summed E-state index contributed by atoms with van der Waals surface area (Å²) in [6.45, 7) is 0. The van der Waals surface area contributed by atoms with Gasteiger partial charge in [0.25, 0.3) is 0 Å². The van der Waals surface area contributed by atoms with Crippen LogP contribution in [0, 0.1) is 0 Å². The summed E-state index contributed by atoms with van der Waals surface area (Å²) in [7, 11) is 0. The van der Waals surface area contributed by atoms with Gasteiger partial charge in [-0.1, -0.05) is 30.3 Å². The van der Waals surface area contributed by atoms with Gasteiger partial charge in [-0.25, -0.2) is 15.0 Å². The summed E-state index contributed by atoms with van der Waals surface area (Å²) in [5, 5.41) is 10.9. The van der Waals surface area contributed by atoms with E-state index in [1.165, 1.54) is 19.0 Å². The first-order valence-corrected chi connectivity index (χ1v) is 5.63. The molecule has 100 valence electrons. The van der Waals surface area contributed by atoms with Crippen molar-refractivity contribution in [3.8, 4) is 11.3 Å². The average molecular weight is 268 g/mol. The lowest BCUT2D eigenvalue weighted by Gasteiger charge is -2.03. The van der Waals surface area contributed by atoms with Gasteiger partial charge in [0.1, 0.15) is 30.4 Å². The molecule has 0 saturated heterocycles. The van der Waals surface area contributed by atoms with E-state index in [2.05, 4.69) is 30.4 Å². The maximum Gasteiger partial charge on any atom is 0.173 e. The number of nitrogen functional groups attached to an aromatic ring is 2. The van der Waals surface area contributed by atoms with Gasteiger partial charge in [-0.05, 0) is 5.21 Å². The van der Waals surface area contributed by atoms with E-state index in [0.717, 1.165) is 5.56 Å². The molecule has 8 nitrogen and oxygen atoms in total. The molecule has 0 aliphatic rings. The average Bonchev–Trinajstić information content (AvgIpc) is 2.53. The molecular formula is C12H12N8. The fourth-order valence-electron chi connectivity index (χ4n) is 1.36. The third kappa shape index (κ3) is 3.42. The van der Waals surface area contributed by atoms with E-state index in [1.54, 1.807) is 0 Å². The molecule has 2 aromatic heterocycles. The first-order valence-electron chi connectivity index (χ1n) is 5.63. The van der Waals surface area contributed by atoms with E-state index < -0.39 is 0 Å². The lowest BCUT2D eigenvalue weighted by atomic mass is 10.1. The second kappa shape index (κ2) is 6.69. The predicted octanol–water partition coefficient (Wildman–Crippen LogP) is 0.575. The topological polar surface area (TPSA) is 129 Å². The van der Waals surface area contributed by atoms with Crippen LogP contribution in [0.1, 0.15) is 0 Å². The SMILES string of the molecule is Nc1nnnc(-c2ccccc2)c1N.c1ncncn1. The number of benzene rings is 1. The van der Waals surface area contributed by atoms with Gasteiger partial charge in [-0.2, -0.15) is 0 Å². The Labute approximate surface area is 114 Å². The monoisotopic (exact) mass is 268 g/mol. The van der Waals surface area contributed by atoms with Gasteiger partial charge in [0.05, 0.1) is 0 Å². The minimum atomic E-state index is 0.207. The molecule has 0 unspecified atom stereocenters. The Morgan fingerprint density at radius 2 is 1.35 bits per heavy atom. The predicted molar refractivity (Wildman–Crippen MR) is 73.9 cm³/mol. The standard InChI is InChI=1S/C9H9N5.C3H3N3/c10-7-8(12-14-13-9(7)11)6-4-2-1-3-5-6;1-4-2-6-3-5-1/h1-5H,(H2,10,14)(H2,11,12,13);1-3H. The third-order valence-corrected chi connectivity index (χ3v) is 2.28. The van der Waals surface area contributed by atoms with E-state index in [1.807, 2.05) is 30.3 Å². The molecule has 0 spiro atoms. The summed E-state index contributed by atoms with van der Waals surface area (Å²) in [4.78, 5) is 10.7. The van der Waals surface area contributed by atoms with Crippen molar-refractivity contribution in [1.82, 2.24) is 30.4 Å². The Morgan fingerprint density at radius 3 is 1.90 bits per heavy atom. The van der Waals surface area contributed by atoms with Crippen LogP contribution in [-0.4, -0.2) is 30.4 Å². The molecule has 0 aliphatic heterocycles. The van der Waals surface area contributed by atoms with Crippen LogP contribution in [0.5, 0.6) is 0 Å². The van der Waals surface area contributed by atoms with E-state index in [9.17, 15) is 0 Å². The molecule has 0 radical (unpaired) electrons. The van der Waals surface area contributed by atoms with Crippen LogP contribution < -0.4 is 11.5 Å². The lowest BCUT2D eigenvalue weighted by Crippen LogP contribution is -2.04. The Bertz CT molecular complexity index is 617. The molecule has 3 aromatic rings. The Morgan fingerprint density at radius 1 is 0.750 bits per heavy atom. The van der Waals surface area contributed by atoms with Crippen molar-refractivity contribution in [2.75, 3.05) is 11.5 Å². The zero-order valence-corrected chi connectivity index (χ0v) is 10.5. The Kier molecular flexibility index (Phi) is 4.44. The maximum absolute atomic E-state index is 5.72. The van der Waals surface area contributed by atoms with Gasteiger partial charge in [-0.3, -0.25) is 0 Å². The fraction of sp³-hybridized carbons (Fsp3) is 0. The molecule has 3 rings (SSSR count). The minimum absolute atomic E-state index is 0.207. The highest BCUT2D eigenvalue weighted by molar-refractivity contribution is 5.78. The maximum atomic E-state index is 5.72. The van der Waals surface area contributed by atoms with Gasteiger partial charge in [0, 0.05) is 5.56 Å². The quantitative estimate of drug-likeness (QED) is 0.655. The van der Waals surface area contributed by atoms with Crippen LogP contribution in [-0.2, 0) is 0 Å². The molecule has 1 aromatic carbocycles. The summed E-state index contributed by atoms with van der Waals surface area (Å²) >= 11 is 0. The van der Waals surface area contributed by atoms with E-state index in [-0.39, 0.29) is 5.82 Å². The van der Waals surface area contributed by atoms with Gasteiger partial charge in [0.2, 0.25) is 0 Å². The highest BCUT2D eigenvalue weighted by Gasteiger charge is 2.07. The number of rotatable bonds is 1. The van der Waals surface area contributed by atoms with Gasteiger partial charge in [0.15, 0.2) is 5.82 Å². The van der Waals surface area contributed by atoms with Crippen molar-refractivity contribution >= 4 is 11.5 Å². The summed E-state index contributed by atoms with van der Waals surface area (Å²) in [6.07, 6.45) is 4.31. The first kappa shape index (κ1) is 13.3. The minimum Gasteiger partial charge on any atom is -0.394 e. The number of aromatic nitrogens is 6. The molecule has 0 fully saturated rings. The van der Waals surface area contributed by atoms with E-state index in [0.29, 0.717) is 11.4 Å². The molecular weight excluding hydrogens is 256 g/mol. The lowest BCUT2D eigenvalue weighted by molar-refractivity contribution is 0.882. The van der Waals surface area contributed by atoms with E-state index in [4.69, 9.17) is 11.5 Å². The highest BCUT2D eigenvalue weighted by Crippen LogP contribution is 2.24. The van der Waals surface area contributed by atoms with Crippen LogP contribution in [0.4, 0.5) is 11.5 Å². The molecule has 0 bridgehead atoms. The second-order valence-corrected chi connectivity index (χ2v) is 3.60. The van der Waals surface area contributed by atoms with Gasteiger partial charge in [-0.15, -0.1) is 10.2 Å². The zero-order chi connectivity index (χ0) is 14.2. The molecule has 4 N–H and O–H groups in total. The summed E-state index contributed by atoms with van der Waals surface area (Å²) in [5.74, 6) is 0.207. The largest absolute Gasteiger partial charge is 0.394 e. The molecule has 0 atom stereocenters. The summed E-state index contributed by atoms with van der Waals surface area (Å²) in [6, 6.07) is 9.48. The molecule has 0 aliphatic carbocycles. The van der Waals surface area contributed by atoms with Crippen LogP contribution in [0.25, 0.3) is 11.3 Å². The molecule has 0 amide bonds. The normalized spacial score (nSPS) is 9.40. The zero-order valence-electron chi connectivity index (χ0n) is 10.5. The van der Waals surface area contributed by atoms with Crippen molar-refractivity contribution in [1.29, 1.82) is 0 Å². The molecule has 2 heterocycles. The van der Waals surface area contributed by atoms with Crippen molar-refractivity contribution in [2.24, 2.45) is 0 Å². The molecule has 8 heteroatoms. The smallest absolute Gasteiger partial charge is 0.173 e. The molecule has 20 heavy (non-hydrogen) atoms. The summed E-state index contributed by atoms with van der Waals surface area (Å²) < 4.78 is 0. The summed E-state index contributed by atoms with van der Waals surface area (Å²) in [5.41, 5.74) is 13.1. The number of hydrogen-bond donors (Lipinski definition) is 2. The van der Waals surface area contributed by atoms with Crippen LogP contribution in [0.15, 0.2) is 49.3 Å². The molecule has 0 saturated carbocycles. The van der Waals surface area contributed by atoms with Crippen molar-refractivity contribution < 1.29 is 0 Å². The Balaban J connectivity index is 0.000000205. The van der Waals surface area contributed by atoms with Crippen molar-refractivity contribution in [3.05, 3.63) is 49.3 Å². The third-order valence-electron chi connectivity index (χ3n) is 2.28. The van der Waals surface area contributed by atoms with Crippen molar-refractivity contribution in [3.63, 3.8) is 0 Å². The number of nitrogens with zero attached hydrogens (tertiary/aromatic N) is 6. The van der Waals surface area contributed by atoms with Crippen LogP contribution in [0.3, 0.4) is 0 Å². The fourth-order valence-corrected chi connectivity index (χ4v) is 1.36. The van der Waals surface area contributed by atoms with Crippen LogP contribution >= 0.6 is 0 Å². The number of nitrogens with two attached hydrogens (primary N) is 2. The number of hydrogen-bond acceptors (Lipinski definition) is 8. The highest BCUT2D eigenvalue weighted by atomic mass is 15.3.